The SMILES string of the molecule is CCCNCc1cc(Cl)ccc1N1CCC(C(C)C)C1. The maximum absolute atomic E-state index is 6.17. The fourth-order valence-corrected chi connectivity index (χ4v) is 3.15. The Morgan fingerprint density at radius 1 is 1.40 bits per heavy atom. The quantitative estimate of drug-likeness (QED) is 0.786. The number of nitrogens with one attached hydrogen (secondary N) is 1. The minimum atomic E-state index is 0.772. The summed E-state index contributed by atoms with van der Waals surface area (Å²) >= 11 is 6.17. The second-order valence-electron chi connectivity index (χ2n) is 6.19. The number of rotatable bonds is 6. The minimum absolute atomic E-state index is 0.772. The molecule has 1 aromatic rings. The van der Waals surface area contributed by atoms with E-state index in [9.17, 15) is 0 Å². The second kappa shape index (κ2) is 7.33. The molecule has 0 aliphatic carbocycles. The van der Waals surface area contributed by atoms with Crippen molar-refractivity contribution in [3.8, 4) is 0 Å². The Labute approximate surface area is 128 Å². The molecule has 112 valence electrons. The van der Waals surface area contributed by atoms with Gasteiger partial charge in [-0.25, -0.2) is 0 Å². The smallest absolute Gasteiger partial charge is 0.0412 e. The zero-order valence-corrected chi connectivity index (χ0v) is 13.7. The molecule has 0 radical (unpaired) electrons. The predicted octanol–water partition coefficient (Wildman–Crippen LogP) is 4.32. The third kappa shape index (κ3) is 3.89. The molecule has 20 heavy (non-hydrogen) atoms. The van der Waals surface area contributed by atoms with Crippen molar-refractivity contribution < 1.29 is 0 Å². The number of benzene rings is 1. The van der Waals surface area contributed by atoms with Crippen LogP contribution in [0.15, 0.2) is 18.2 Å². The monoisotopic (exact) mass is 294 g/mol. The molecular formula is C17H27ClN2. The molecule has 0 spiro atoms. The van der Waals surface area contributed by atoms with Gasteiger partial charge >= 0.3 is 0 Å². The highest BCUT2D eigenvalue weighted by Gasteiger charge is 2.26. The number of nitrogens with zero attached hydrogens (tertiary/aromatic N) is 1. The van der Waals surface area contributed by atoms with Crippen molar-refractivity contribution in [3.63, 3.8) is 0 Å². The molecule has 1 unspecified atom stereocenters. The number of hydrogen-bond acceptors (Lipinski definition) is 2. The van der Waals surface area contributed by atoms with Crippen LogP contribution in [0.4, 0.5) is 5.69 Å². The lowest BCUT2D eigenvalue weighted by molar-refractivity contribution is 0.422. The maximum Gasteiger partial charge on any atom is 0.0412 e. The van der Waals surface area contributed by atoms with Gasteiger partial charge in [-0.15, -0.1) is 0 Å². The van der Waals surface area contributed by atoms with Crippen LogP contribution in [-0.4, -0.2) is 19.6 Å². The van der Waals surface area contributed by atoms with Crippen LogP contribution in [0.1, 0.15) is 39.2 Å². The summed E-state index contributed by atoms with van der Waals surface area (Å²) in [5, 5.41) is 4.33. The number of halogens is 1. The highest BCUT2D eigenvalue weighted by atomic mass is 35.5. The topological polar surface area (TPSA) is 15.3 Å². The first-order valence-corrected chi connectivity index (χ1v) is 8.23. The maximum atomic E-state index is 6.17. The lowest BCUT2D eigenvalue weighted by atomic mass is 9.95. The highest BCUT2D eigenvalue weighted by Crippen LogP contribution is 2.31. The number of anilines is 1. The normalized spacial score (nSPS) is 19.1. The highest BCUT2D eigenvalue weighted by molar-refractivity contribution is 6.30. The zero-order valence-electron chi connectivity index (χ0n) is 13.0. The first-order valence-electron chi connectivity index (χ1n) is 7.86. The molecule has 2 rings (SSSR count). The van der Waals surface area contributed by atoms with E-state index in [1.807, 2.05) is 6.07 Å². The van der Waals surface area contributed by atoms with E-state index < -0.39 is 0 Å². The lowest BCUT2D eigenvalue weighted by Crippen LogP contribution is -2.24. The van der Waals surface area contributed by atoms with Crippen LogP contribution in [0.5, 0.6) is 0 Å². The summed E-state index contributed by atoms with van der Waals surface area (Å²) in [7, 11) is 0. The molecular weight excluding hydrogens is 268 g/mol. The average molecular weight is 295 g/mol. The molecule has 3 heteroatoms. The summed E-state index contributed by atoms with van der Waals surface area (Å²) in [6.07, 6.45) is 2.47. The summed E-state index contributed by atoms with van der Waals surface area (Å²) in [6.45, 7) is 11.2. The Morgan fingerprint density at radius 2 is 2.20 bits per heavy atom. The van der Waals surface area contributed by atoms with Gasteiger partial charge in [0.05, 0.1) is 0 Å². The van der Waals surface area contributed by atoms with E-state index in [0.717, 1.165) is 36.4 Å². The van der Waals surface area contributed by atoms with Crippen molar-refractivity contribution in [1.29, 1.82) is 0 Å². The van der Waals surface area contributed by atoms with Crippen molar-refractivity contribution in [2.75, 3.05) is 24.5 Å². The third-order valence-corrected chi connectivity index (χ3v) is 4.53. The Kier molecular flexibility index (Phi) is 5.74. The largest absolute Gasteiger partial charge is 0.371 e. The molecule has 0 bridgehead atoms. The summed E-state index contributed by atoms with van der Waals surface area (Å²) in [6, 6.07) is 6.32. The molecule has 0 aromatic heterocycles. The molecule has 1 aromatic carbocycles. The van der Waals surface area contributed by atoms with Crippen molar-refractivity contribution in [2.45, 2.75) is 40.2 Å². The fourth-order valence-electron chi connectivity index (χ4n) is 2.95. The summed E-state index contributed by atoms with van der Waals surface area (Å²) in [5.41, 5.74) is 2.69. The fraction of sp³-hybridized carbons (Fsp3) is 0.647. The molecule has 1 heterocycles. The van der Waals surface area contributed by atoms with E-state index in [0.29, 0.717) is 0 Å². The molecule has 2 nitrogen and oxygen atoms in total. The molecule has 1 atom stereocenters. The molecule has 1 saturated heterocycles. The van der Waals surface area contributed by atoms with E-state index in [1.165, 1.54) is 30.8 Å². The van der Waals surface area contributed by atoms with Gasteiger partial charge in [-0.2, -0.15) is 0 Å². The van der Waals surface area contributed by atoms with E-state index in [4.69, 9.17) is 11.6 Å². The van der Waals surface area contributed by atoms with E-state index in [1.54, 1.807) is 0 Å². The second-order valence-corrected chi connectivity index (χ2v) is 6.63. The number of hydrogen-bond donors (Lipinski definition) is 1. The summed E-state index contributed by atoms with van der Waals surface area (Å²) in [5.74, 6) is 1.59. The van der Waals surface area contributed by atoms with Gasteiger partial charge in [0.1, 0.15) is 0 Å². The van der Waals surface area contributed by atoms with Crippen LogP contribution in [-0.2, 0) is 6.54 Å². The van der Waals surface area contributed by atoms with E-state index in [2.05, 4.69) is 43.1 Å². The first kappa shape index (κ1) is 15.7. The van der Waals surface area contributed by atoms with Gasteiger partial charge in [0.2, 0.25) is 0 Å². The Bertz CT molecular complexity index is 431. The van der Waals surface area contributed by atoms with Gasteiger partial charge in [0.15, 0.2) is 0 Å². The van der Waals surface area contributed by atoms with Gasteiger partial charge in [-0.1, -0.05) is 32.4 Å². The molecule has 0 amide bonds. The van der Waals surface area contributed by atoms with Crippen LogP contribution < -0.4 is 10.2 Å². The van der Waals surface area contributed by atoms with Crippen molar-refractivity contribution in [1.82, 2.24) is 5.32 Å². The predicted molar refractivity (Wildman–Crippen MR) is 88.6 cm³/mol. The average Bonchev–Trinajstić information content (AvgIpc) is 2.89. The van der Waals surface area contributed by atoms with Crippen LogP contribution in [0.3, 0.4) is 0 Å². The van der Waals surface area contributed by atoms with Crippen molar-refractivity contribution in [3.05, 3.63) is 28.8 Å². The van der Waals surface area contributed by atoms with Gasteiger partial charge in [0, 0.05) is 30.3 Å². The first-order chi connectivity index (χ1) is 9.61. The van der Waals surface area contributed by atoms with E-state index >= 15 is 0 Å². The van der Waals surface area contributed by atoms with Gasteiger partial charge in [0.25, 0.3) is 0 Å². The standard InChI is InChI=1S/C17H27ClN2/c1-4-8-19-11-15-10-16(18)5-6-17(15)20-9-7-14(12-20)13(2)3/h5-6,10,13-14,19H,4,7-9,11-12H2,1-3H3. The van der Waals surface area contributed by atoms with Crippen LogP contribution in [0.25, 0.3) is 0 Å². The third-order valence-electron chi connectivity index (χ3n) is 4.29. The molecule has 1 aliphatic rings. The van der Waals surface area contributed by atoms with E-state index in [-0.39, 0.29) is 0 Å². The lowest BCUT2D eigenvalue weighted by Gasteiger charge is -2.23. The van der Waals surface area contributed by atoms with Crippen LogP contribution >= 0.6 is 11.6 Å². The molecule has 1 N–H and O–H groups in total. The summed E-state index contributed by atoms with van der Waals surface area (Å²) < 4.78 is 0. The molecule has 1 fully saturated rings. The van der Waals surface area contributed by atoms with Crippen molar-refractivity contribution in [2.24, 2.45) is 11.8 Å². The van der Waals surface area contributed by atoms with Gasteiger partial charge in [-0.05, 0) is 55.0 Å². The Hall–Kier alpha value is -0.730. The Morgan fingerprint density at radius 3 is 2.85 bits per heavy atom. The van der Waals surface area contributed by atoms with Crippen molar-refractivity contribution >= 4 is 17.3 Å². The molecule has 0 saturated carbocycles. The van der Waals surface area contributed by atoms with Gasteiger partial charge in [-0.3, -0.25) is 0 Å². The minimum Gasteiger partial charge on any atom is -0.371 e. The Balaban J connectivity index is 2.10. The van der Waals surface area contributed by atoms with Crippen LogP contribution in [0.2, 0.25) is 5.02 Å². The molecule has 1 aliphatic heterocycles. The van der Waals surface area contributed by atoms with Gasteiger partial charge < -0.3 is 10.2 Å². The van der Waals surface area contributed by atoms with Crippen LogP contribution in [0, 0.1) is 11.8 Å². The summed E-state index contributed by atoms with van der Waals surface area (Å²) in [4.78, 5) is 2.53. The zero-order chi connectivity index (χ0) is 14.5.